The van der Waals surface area contributed by atoms with Crippen molar-refractivity contribution in [3.8, 4) is 5.75 Å². The number of benzene rings is 1. The maximum absolute atomic E-state index is 12.3. The summed E-state index contributed by atoms with van der Waals surface area (Å²) in [5, 5.41) is 5.17. The molecule has 1 saturated heterocycles. The Kier molecular flexibility index (Phi) is 4.90. The molecule has 0 bridgehead atoms. The Morgan fingerprint density at radius 3 is 2.46 bits per heavy atom. The van der Waals surface area contributed by atoms with Crippen molar-refractivity contribution in [2.24, 2.45) is 5.10 Å². The third-order valence-electron chi connectivity index (χ3n) is 4.32. The Balaban J connectivity index is 1.73. The molecule has 2 aliphatic heterocycles. The van der Waals surface area contributed by atoms with Gasteiger partial charge in [-0.1, -0.05) is 0 Å². The zero-order chi connectivity index (χ0) is 18.9. The highest BCUT2D eigenvalue weighted by molar-refractivity contribution is 7.91. The average molecular weight is 378 g/mol. The van der Waals surface area contributed by atoms with E-state index in [0.717, 1.165) is 5.01 Å². The average Bonchev–Trinajstić information content (AvgIpc) is 2.95. The van der Waals surface area contributed by atoms with Crippen LogP contribution in [0.4, 0.5) is 0 Å². The van der Waals surface area contributed by atoms with Gasteiger partial charge in [0, 0.05) is 18.4 Å². The summed E-state index contributed by atoms with van der Waals surface area (Å²) >= 11 is 0. The molecule has 0 spiro atoms. The lowest BCUT2D eigenvalue weighted by Gasteiger charge is -2.27. The summed E-state index contributed by atoms with van der Waals surface area (Å²) in [6.07, 6.45) is 0.527. The van der Waals surface area contributed by atoms with Crippen LogP contribution in [0, 0.1) is 0 Å². The molecule has 1 amide bonds. The van der Waals surface area contributed by atoms with Gasteiger partial charge in [0.2, 0.25) is 5.91 Å². The van der Waals surface area contributed by atoms with Crippen molar-refractivity contribution in [3.63, 3.8) is 0 Å². The molecule has 1 atom stereocenters. The fourth-order valence-electron chi connectivity index (χ4n) is 2.90. The van der Waals surface area contributed by atoms with Crippen LogP contribution in [-0.4, -0.2) is 54.3 Å². The van der Waals surface area contributed by atoms with Crippen LogP contribution in [0.2, 0.25) is 0 Å². The number of rotatable bonds is 4. The molecule has 0 unspecified atom stereocenters. The number of carbonyl (C=O) groups excluding carboxylic acids is 3. The van der Waals surface area contributed by atoms with Crippen LogP contribution < -0.4 is 4.74 Å². The van der Waals surface area contributed by atoms with Crippen LogP contribution in [0.5, 0.6) is 5.75 Å². The lowest BCUT2D eigenvalue weighted by atomic mass is 10.1. The third-order valence-corrected chi connectivity index (χ3v) is 6.07. The van der Waals surface area contributed by atoms with E-state index in [1.54, 1.807) is 12.1 Å². The Bertz CT molecular complexity index is 888. The highest BCUT2D eigenvalue weighted by atomic mass is 32.2. The Morgan fingerprint density at radius 2 is 1.88 bits per heavy atom. The molecule has 0 saturated carbocycles. The molecule has 9 heteroatoms. The monoisotopic (exact) mass is 378 g/mol. The van der Waals surface area contributed by atoms with Crippen LogP contribution in [0.25, 0.3) is 0 Å². The zero-order valence-corrected chi connectivity index (χ0v) is 15.0. The topological polar surface area (TPSA) is 110 Å². The number of carbonyl (C=O) groups is 3. The van der Waals surface area contributed by atoms with Crippen molar-refractivity contribution in [1.82, 2.24) is 5.01 Å². The summed E-state index contributed by atoms with van der Waals surface area (Å²) in [5.41, 5.74) is 0.573. The minimum atomic E-state index is -3.17. The predicted molar refractivity (Wildman–Crippen MR) is 92.7 cm³/mol. The van der Waals surface area contributed by atoms with Gasteiger partial charge in [0.15, 0.2) is 15.6 Å². The molecule has 8 nitrogen and oxygen atoms in total. The summed E-state index contributed by atoms with van der Waals surface area (Å²) in [4.78, 5) is 35.6. The molecule has 0 N–H and O–H groups in total. The summed E-state index contributed by atoms with van der Waals surface area (Å²) < 4.78 is 28.5. The summed E-state index contributed by atoms with van der Waals surface area (Å²) in [6.45, 7) is 1.44. The predicted octanol–water partition coefficient (Wildman–Crippen LogP) is 0.960. The van der Waals surface area contributed by atoms with Crippen LogP contribution >= 0.6 is 0 Å². The van der Waals surface area contributed by atoms with Gasteiger partial charge in [0.25, 0.3) is 0 Å². The fourth-order valence-corrected chi connectivity index (χ4v) is 4.59. The molecule has 0 aliphatic carbocycles. The molecular weight excluding hydrogens is 360 g/mol. The molecule has 1 aromatic carbocycles. The molecular formula is C17H18N2O6S. The molecule has 1 fully saturated rings. The minimum Gasteiger partial charge on any atom is -0.422 e. The van der Waals surface area contributed by atoms with E-state index in [0.29, 0.717) is 12.0 Å². The van der Waals surface area contributed by atoms with E-state index in [4.69, 9.17) is 4.74 Å². The minimum absolute atomic E-state index is 0.0131. The number of nitrogens with zero attached hydrogens (tertiary/aromatic N) is 2. The second kappa shape index (κ2) is 6.99. The smallest absolute Gasteiger partial charge is 0.359 e. The Labute approximate surface area is 150 Å². The number of sulfone groups is 1. The standard InChI is InChI=1S/C17H18N2O6S/c1-11(20)12-2-4-14(5-3-12)25-17(22)15-6-7-16(21)19(18-15)13-8-9-26(23,24)10-13/h2-5,13H,6-10H2,1H3/t13-/m1/s1. The zero-order valence-electron chi connectivity index (χ0n) is 14.2. The van der Waals surface area contributed by atoms with Gasteiger partial charge in [0.05, 0.1) is 17.5 Å². The summed E-state index contributed by atoms with van der Waals surface area (Å²) in [5.74, 6) is -0.959. The first kappa shape index (κ1) is 18.2. The van der Waals surface area contributed by atoms with Crippen LogP contribution in [0.1, 0.15) is 36.5 Å². The van der Waals surface area contributed by atoms with Gasteiger partial charge < -0.3 is 4.74 Å². The van der Waals surface area contributed by atoms with Crippen molar-refractivity contribution in [2.45, 2.75) is 32.2 Å². The highest BCUT2D eigenvalue weighted by Gasteiger charge is 2.37. The van der Waals surface area contributed by atoms with Gasteiger partial charge in [-0.2, -0.15) is 5.10 Å². The molecule has 0 aromatic heterocycles. The van der Waals surface area contributed by atoms with E-state index < -0.39 is 21.8 Å². The van der Waals surface area contributed by atoms with Crippen LogP contribution in [0.15, 0.2) is 29.4 Å². The van der Waals surface area contributed by atoms with Crippen molar-refractivity contribution < 1.29 is 27.5 Å². The van der Waals surface area contributed by atoms with Crippen molar-refractivity contribution in [1.29, 1.82) is 0 Å². The quantitative estimate of drug-likeness (QED) is 0.438. The molecule has 3 rings (SSSR count). The SMILES string of the molecule is CC(=O)c1ccc(OC(=O)C2=NN([C@@H]3CCS(=O)(=O)C3)C(=O)CC2)cc1. The van der Waals surface area contributed by atoms with E-state index >= 15 is 0 Å². The lowest BCUT2D eigenvalue weighted by Crippen LogP contribution is -2.42. The van der Waals surface area contributed by atoms with E-state index in [-0.39, 0.29) is 47.5 Å². The highest BCUT2D eigenvalue weighted by Crippen LogP contribution is 2.23. The summed E-state index contributed by atoms with van der Waals surface area (Å²) in [7, 11) is -3.17. The first-order valence-corrected chi connectivity index (χ1v) is 10.0. The number of ketones is 1. The van der Waals surface area contributed by atoms with Crippen molar-refractivity contribution in [3.05, 3.63) is 29.8 Å². The van der Waals surface area contributed by atoms with Gasteiger partial charge in [-0.05, 0) is 37.6 Å². The molecule has 26 heavy (non-hydrogen) atoms. The number of amides is 1. The van der Waals surface area contributed by atoms with Gasteiger partial charge in [-0.25, -0.2) is 18.2 Å². The molecule has 0 radical (unpaired) electrons. The molecule has 138 valence electrons. The van der Waals surface area contributed by atoms with Crippen molar-refractivity contribution in [2.75, 3.05) is 11.5 Å². The second-order valence-electron chi connectivity index (χ2n) is 6.31. The van der Waals surface area contributed by atoms with Crippen molar-refractivity contribution >= 4 is 33.2 Å². The Hall–Kier alpha value is -2.55. The van der Waals surface area contributed by atoms with E-state index in [1.807, 2.05) is 0 Å². The second-order valence-corrected chi connectivity index (χ2v) is 8.54. The largest absolute Gasteiger partial charge is 0.422 e. The normalized spacial score (nSPS) is 22.0. The number of Topliss-reactive ketones (excluding diaryl/α,β-unsaturated/α-hetero) is 1. The van der Waals surface area contributed by atoms with Gasteiger partial charge >= 0.3 is 5.97 Å². The maximum Gasteiger partial charge on any atom is 0.359 e. The number of hydrogen-bond donors (Lipinski definition) is 0. The molecule has 1 aromatic rings. The van der Waals surface area contributed by atoms with Crippen LogP contribution in [-0.2, 0) is 19.4 Å². The van der Waals surface area contributed by atoms with Crippen LogP contribution in [0.3, 0.4) is 0 Å². The van der Waals surface area contributed by atoms with Gasteiger partial charge in [-0.3, -0.25) is 9.59 Å². The number of esters is 1. The Morgan fingerprint density at radius 1 is 1.19 bits per heavy atom. The molecule has 2 aliphatic rings. The number of hydrogen-bond acceptors (Lipinski definition) is 7. The van der Waals surface area contributed by atoms with E-state index in [1.165, 1.54) is 19.1 Å². The number of ether oxygens (including phenoxy) is 1. The van der Waals surface area contributed by atoms with Gasteiger partial charge in [0.1, 0.15) is 11.5 Å². The third kappa shape index (κ3) is 3.98. The maximum atomic E-state index is 12.3. The fraction of sp³-hybridized carbons (Fsp3) is 0.412. The van der Waals surface area contributed by atoms with E-state index in [2.05, 4.69) is 5.10 Å². The molecule has 2 heterocycles. The lowest BCUT2D eigenvalue weighted by molar-refractivity contribution is -0.134. The number of hydrazone groups is 1. The van der Waals surface area contributed by atoms with Gasteiger partial charge in [-0.15, -0.1) is 0 Å². The summed E-state index contributed by atoms with van der Waals surface area (Å²) in [6, 6.07) is 5.57. The first-order chi connectivity index (χ1) is 12.2. The first-order valence-electron chi connectivity index (χ1n) is 8.18. The van der Waals surface area contributed by atoms with E-state index in [9.17, 15) is 22.8 Å².